The molecule has 2 saturated carbocycles. The summed E-state index contributed by atoms with van der Waals surface area (Å²) in [4.78, 5) is 0. The molecule has 0 saturated heterocycles. The average Bonchev–Trinajstić information content (AvgIpc) is 2.78. The van der Waals surface area contributed by atoms with Gasteiger partial charge in [0.25, 0.3) is 0 Å². The first-order valence-corrected chi connectivity index (χ1v) is 8.70. The first-order valence-electron chi connectivity index (χ1n) is 8.70. The number of alkyl halides is 1. The number of aromatic hydroxyl groups is 1. The number of hydrogen-bond acceptors (Lipinski definition) is 2. The number of benzene rings is 1. The van der Waals surface area contributed by atoms with Crippen molar-refractivity contribution in [2.75, 3.05) is 0 Å². The van der Waals surface area contributed by atoms with E-state index in [-0.39, 0.29) is 16.7 Å². The van der Waals surface area contributed by atoms with Crippen molar-refractivity contribution in [3.63, 3.8) is 0 Å². The highest BCUT2D eigenvalue weighted by Crippen LogP contribution is 2.67. The van der Waals surface area contributed by atoms with E-state index in [1.54, 1.807) is 6.07 Å². The smallest absolute Gasteiger partial charge is 0.127 e. The van der Waals surface area contributed by atoms with E-state index in [0.717, 1.165) is 25.7 Å². The number of rotatable bonds is 1. The lowest BCUT2D eigenvalue weighted by Gasteiger charge is -2.57. The number of aliphatic hydroxyl groups is 1. The van der Waals surface area contributed by atoms with E-state index < -0.39 is 12.3 Å². The standard InChI is InChI=1S/C20H25FO2/c1-3-20-9-6-12-10-13(22)4-5-14(12)15(20)7-8-19(2)17(20)11-16(21)18(19)23/h3-5,10,15-18,22-23H,1,6-9,11H2,2H3/t15-,16-,17-,18?,19+,20-/m1/s1. The van der Waals surface area contributed by atoms with Gasteiger partial charge >= 0.3 is 0 Å². The monoisotopic (exact) mass is 316 g/mol. The molecule has 124 valence electrons. The zero-order valence-electron chi connectivity index (χ0n) is 13.6. The topological polar surface area (TPSA) is 40.5 Å². The average molecular weight is 316 g/mol. The number of phenols is 1. The molecule has 0 amide bonds. The molecule has 0 heterocycles. The second kappa shape index (κ2) is 4.83. The lowest BCUT2D eigenvalue weighted by atomic mass is 9.47. The zero-order chi connectivity index (χ0) is 16.4. The van der Waals surface area contributed by atoms with Crippen LogP contribution in [0.4, 0.5) is 4.39 Å². The summed E-state index contributed by atoms with van der Waals surface area (Å²) < 4.78 is 14.4. The molecule has 3 heteroatoms. The van der Waals surface area contributed by atoms with Crippen molar-refractivity contribution in [2.45, 2.75) is 57.2 Å². The molecule has 3 aliphatic carbocycles. The van der Waals surface area contributed by atoms with Gasteiger partial charge < -0.3 is 10.2 Å². The number of aryl methyl sites for hydroxylation is 1. The second-order valence-corrected chi connectivity index (χ2v) is 8.05. The maximum absolute atomic E-state index is 14.4. The fraction of sp³-hybridized carbons (Fsp3) is 0.600. The maximum atomic E-state index is 14.4. The molecule has 0 bridgehead atoms. The van der Waals surface area contributed by atoms with E-state index in [0.29, 0.717) is 18.1 Å². The summed E-state index contributed by atoms with van der Waals surface area (Å²) in [5.41, 5.74) is 2.01. The summed E-state index contributed by atoms with van der Waals surface area (Å²) >= 11 is 0. The molecule has 1 aromatic carbocycles. The molecule has 3 aliphatic rings. The minimum Gasteiger partial charge on any atom is -0.508 e. The van der Waals surface area contributed by atoms with E-state index >= 15 is 0 Å². The number of fused-ring (bicyclic) bond motifs is 5. The molecule has 6 atom stereocenters. The zero-order valence-corrected chi connectivity index (χ0v) is 13.6. The number of halogens is 1. The molecule has 23 heavy (non-hydrogen) atoms. The van der Waals surface area contributed by atoms with Gasteiger partial charge in [0.05, 0.1) is 6.10 Å². The quantitative estimate of drug-likeness (QED) is 0.765. The molecule has 0 radical (unpaired) electrons. The molecule has 2 nitrogen and oxygen atoms in total. The Balaban J connectivity index is 1.83. The van der Waals surface area contributed by atoms with Gasteiger partial charge in [-0.05, 0) is 72.6 Å². The molecule has 1 aromatic rings. The van der Waals surface area contributed by atoms with Crippen LogP contribution in [-0.4, -0.2) is 22.5 Å². The van der Waals surface area contributed by atoms with Crippen LogP contribution in [0.5, 0.6) is 5.75 Å². The van der Waals surface area contributed by atoms with Gasteiger partial charge in [-0.2, -0.15) is 0 Å². The van der Waals surface area contributed by atoms with E-state index in [4.69, 9.17) is 0 Å². The van der Waals surface area contributed by atoms with Crippen molar-refractivity contribution in [3.05, 3.63) is 42.0 Å². The van der Waals surface area contributed by atoms with Crippen molar-refractivity contribution < 1.29 is 14.6 Å². The highest BCUT2D eigenvalue weighted by atomic mass is 19.1. The third-order valence-electron chi connectivity index (χ3n) is 7.25. The minimum atomic E-state index is -1.12. The Hall–Kier alpha value is -1.35. The first kappa shape index (κ1) is 15.2. The van der Waals surface area contributed by atoms with Crippen LogP contribution in [0, 0.1) is 16.7 Å². The van der Waals surface area contributed by atoms with Crippen LogP contribution in [0.25, 0.3) is 0 Å². The maximum Gasteiger partial charge on any atom is 0.127 e. The first-order chi connectivity index (χ1) is 10.9. The minimum absolute atomic E-state index is 0.137. The summed E-state index contributed by atoms with van der Waals surface area (Å²) in [6, 6.07) is 5.67. The van der Waals surface area contributed by atoms with E-state index in [9.17, 15) is 14.6 Å². The number of phenolic OH excluding ortho intramolecular Hbond substituents is 1. The molecule has 0 spiro atoms. The van der Waals surface area contributed by atoms with Crippen molar-refractivity contribution in [1.82, 2.24) is 0 Å². The summed E-state index contributed by atoms with van der Waals surface area (Å²) in [5, 5.41) is 20.2. The highest BCUT2D eigenvalue weighted by Gasteiger charge is 2.63. The van der Waals surface area contributed by atoms with Crippen LogP contribution in [-0.2, 0) is 6.42 Å². The predicted octanol–water partition coefficient (Wildman–Crippen LogP) is 4.11. The van der Waals surface area contributed by atoms with Gasteiger partial charge in [-0.1, -0.05) is 19.1 Å². The third-order valence-corrected chi connectivity index (χ3v) is 7.25. The van der Waals surface area contributed by atoms with Crippen molar-refractivity contribution in [3.8, 4) is 5.75 Å². The molecule has 1 unspecified atom stereocenters. The van der Waals surface area contributed by atoms with Crippen LogP contribution >= 0.6 is 0 Å². The van der Waals surface area contributed by atoms with Crippen molar-refractivity contribution in [2.24, 2.45) is 16.7 Å². The van der Waals surface area contributed by atoms with Gasteiger partial charge in [0, 0.05) is 5.41 Å². The van der Waals surface area contributed by atoms with Crippen LogP contribution in [0.1, 0.15) is 49.7 Å². The van der Waals surface area contributed by atoms with Crippen molar-refractivity contribution >= 4 is 0 Å². The second-order valence-electron chi connectivity index (χ2n) is 8.05. The van der Waals surface area contributed by atoms with Gasteiger partial charge in [0.15, 0.2) is 0 Å². The largest absolute Gasteiger partial charge is 0.508 e. The Bertz CT molecular complexity index is 657. The molecule has 2 fully saturated rings. The Labute approximate surface area is 137 Å². The molecule has 0 aromatic heterocycles. The Kier molecular flexibility index (Phi) is 3.19. The lowest BCUT2D eigenvalue weighted by Crippen LogP contribution is -2.50. The Morgan fingerprint density at radius 1 is 1.35 bits per heavy atom. The van der Waals surface area contributed by atoms with E-state index in [2.05, 4.69) is 19.6 Å². The van der Waals surface area contributed by atoms with Gasteiger partial charge in [-0.3, -0.25) is 0 Å². The van der Waals surface area contributed by atoms with E-state index in [1.807, 2.05) is 12.1 Å². The molecular weight excluding hydrogens is 291 g/mol. The number of hydrogen-bond donors (Lipinski definition) is 2. The van der Waals surface area contributed by atoms with Gasteiger partial charge in [-0.25, -0.2) is 4.39 Å². The SMILES string of the molecule is C=C[C@@]12CCc3cc(O)ccc3[C@H]1CC[C@]1(C)C(O)[C@H](F)C[C@@H]21. The normalized spacial score (nSPS) is 45.0. The van der Waals surface area contributed by atoms with Gasteiger partial charge in [-0.15, -0.1) is 6.58 Å². The fourth-order valence-electron chi connectivity index (χ4n) is 6.04. The van der Waals surface area contributed by atoms with Crippen molar-refractivity contribution in [1.29, 1.82) is 0 Å². The van der Waals surface area contributed by atoms with Crippen LogP contribution in [0.2, 0.25) is 0 Å². The molecule has 2 N–H and O–H groups in total. The number of allylic oxidation sites excluding steroid dienone is 1. The molecule has 0 aliphatic heterocycles. The van der Waals surface area contributed by atoms with Gasteiger partial charge in [0.2, 0.25) is 0 Å². The molecule has 4 rings (SSSR count). The summed E-state index contributed by atoms with van der Waals surface area (Å²) in [5.74, 6) is 0.772. The lowest BCUT2D eigenvalue weighted by molar-refractivity contribution is -0.0606. The van der Waals surface area contributed by atoms with Crippen LogP contribution in [0.3, 0.4) is 0 Å². The fourth-order valence-corrected chi connectivity index (χ4v) is 6.04. The van der Waals surface area contributed by atoms with Crippen LogP contribution < -0.4 is 0 Å². The Morgan fingerprint density at radius 2 is 2.13 bits per heavy atom. The summed E-state index contributed by atoms with van der Waals surface area (Å²) in [7, 11) is 0. The van der Waals surface area contributed by atoms with Crippen LogP contribution in [0.15, 0.2) is 30.9 Å². The molecular formula is C20H25FO2. The Morgan fingerprint density at radius 3 is 2.87 bits per heavy atom. The summed E-state index contributed by atoms with van der Waals surface area (Å²) in [6.45, 7) is 6.20. The highest BCUT2D eigenvalue weighted by molar-refractivity contribution is 5.43. The summed E-state index contributed by atoms with van der Waals surface area (Å²) in [6.07, 6.45) is 4.12. The predicted molar refractivity (Wildman–Crippen MR) is 88.1 cm³/mol. The third kappa shape index (κ3) is 1.83. The van der Waals surface area contributed by atoms with Gasteiger partial charge in [0.1, 0.15) is 11.9 Å². The van der Waals surface area contributed by atoms with E-state index in [1.165, 1.54) is 11.1 Å². The number of aliphatic hydroxyl groups excluding tert-OH is 1.